The van der Waals surface area contributed by atoms with Crippen molar-refractivity contribution in [1.29, 1.82) is 0 Å². The highest BCUT2D eigenvalue weighted by atomic mass is 19.1. The van der Waals surface area contributed by atoms with Gasteiger partial charge in [-0.05, 0) is 42.5 Å². The van der Waals surface area contributed by atoms with Gasteiger partial charge in [-0.2, -0.15) is 0 Å². The van der Waals surface area contributed by atoms with Crippen molar-refractivity contribution in [2.45, 2.75) is 30.8 Å². The first-order valence-corrected chi connectivity index (χ1v) is 8.09. The number of benzene rings is 2. The van der Waals surface area contributed by atoms with Crippen molar-refractivity contribution in [3.8, 4) is 11.1 Å². The van der Waals surface area contributed by atoms with Crippen LogP contribution >= 0.6 is 0 Å². The van der Waals surface area contributed by atoms with Crippen LogP contribution in [0, 0.1) is 5.82 Å². The minimum Gasteiger partial charge on any atom is -0.354 e. The Bertz CT molecular complexity index is 761. The van der Waals surface area contributed by atoms with Gasteiger partial charge in [-0.25, -0.2) is 4.39 Å². The van der Waals surface area contributed by atoms with Gasteiger partial charge in [0.05, 0.1) is 0 Å². The molecule has 0 aliphatic carbocycles. The number of hydrogen-bond acceptors (Lipinski definition) is 2. The van der Waals surface area contributed by atoms with Gasteiger partial charge in [0.15, 0.2) is 0 Å². The molecule has 2 atom stereocenters. The third-order valence-electron chi connectivity index (χ3n) is 5.06. The van der Waals surface area contributed by atoms with Crippen LogP contribution in [-0.4, -0.2) is 18.0 Å². The van der Waals surface area contributed by atoms with Gasteiger partial charge in [-0.3, -0.25) is 10.1 Å². The van der Waals surface area contributed by atoms with E-state index in [4.69, 9.17) is 0 Å². The fraction of sp³-hybridized carbons (Fsp3) is 0.316. The number of carbonyl (C=O) groups excluding carboxylic acids is 1. The van der Waals surface area contributed by atoms with Gasteiger partial charge in [0.2, 0.25) is 5.91 Å². The van der Waals surface area contributed by atoms with E-state index in [2.05, 4.69) is 10.6 Å². The summed E-state index contributed by atoms with van der Waals surface area (Å²) < 4.78 is 14.0. The third kappa shape index (κ3) is 2.43. The maximum Gasteiger partial charge on any atom is 0.240 e. The second-order valence-electron chi connectivity index (χ2n) is 6.43. The largest absolute Gasteiger partial charge is 0.354 e. The van der Waals surface area contributed by atoms with Crippen LogP contribution in [0.1, 0.15) is 30.9 Å². The summed E-state index contributed by atoms with van der Waals surface area (Å²) >= 11 is 0. The molecule has 0 saturated carbocycles. The number of halogens is 1. The van der Waals surface area contributed by atoms with Gasteiger partial charge in [-0.15, -0.1) is 0 Å². The van der Waals surface area contributed by atoms with Crippen LogP contribution in [0.15, 0.2) is 48.5 Å². The molecule has 4 heteroatoms. The Labute approximate surface area is 134 Å². The van der Waals surface area contributed by atoms with E-state index in [0.717, 1.165) is 36.9 Å². The van der Waals surface area contributed by atoms with E-state index < -0.39 is 5.54 Å². The summed E-state index contributed by atoms with van der Waals surface area (Å²) in [5.41, 5.74) is 2.20. The van der Waals surface area contributed by atoms with Crippen LogP contribution in [0.3, 0.4) is 0 Å². The maximum atomic E-state index is 14.0. The van der Waals surface area contributed by atoms with Crippen molar-refractivity contribution in [2.75, 3.05) is 6.54 Å². The molecule has 2 heterocycles. The average Bonchev–Trinajstić information content (AvgIpc) is 3.16. The number of carbonyl (C=O) groups is 1. The minimum absolute atomic E-state index is 0.116. The number of hydrogen-bond donors (Lipinski definition) is 2. The molecule has 4 rings (SSSR count). The first-order valence-electron chi connectivity index (χ1n) is 8.09. The van der Waals surface area contributed by atoms with Crippen LogP contribution in [0.2, 0.25) is 0 Å². The van der Waals surface area contributed by atoms with Gasteiger partial charge in [0.25, 0.3) is 0 Å². The molecule has 2 aromatic carbocycles. The summed E-state index contributed by atoms with van der Waals surface area (Å²) in [5.74, 6) is -0.0964. The smallest absolute Gasteiger partial charge is 0.240 e. The fourth-order valence-electron chi connectivity index (χ4n) is 3.79. The molecule has 3 nitrogen and oxygen atoms in total. The van der Waals surface area contributed by atoms with E-state index in [0.29, 0.717) is 5.56 Å². The van der Waals surface area contributed by atoms with Gasteiger partial charge in [0.1, 0.15) is 11.4 Å². The normalized spacial score (nSPS) is 26.7. The highest BCUT2D eigenvalue weighted by Gasteiger charge is 2.47. The fourth-order valence-corrected chi connectivity index (χ4v) is 3.79. The van der Waals surface area contributed by atoms with E-state index in [1.165, 1.54) is 6.07 Å². The monoisotopic (exact) mass is 310 g/mol. The molecular weight excluding hydrogens is 291 g/mol. The molecule has 0 bridgehead atoms. The van der Waals surface area contributed by atoms with Gasteiger partial charge >= 0.3 is 0 Å². The second-order valence-corrected chi connectivity index (χ2v) is 6.43. The molecule has 23 heavy (non-hydrogen) atoms. The zero-order valence-corrected chi connectivity index (χ0v) is 12.8. The third-order valence-corrected chi connectivity index (χ3v) is 5.06. The predicted octanol–water partition coefficient (Wildman–Crippen LogP) is 3.18. The first-order chi connectivity index (χ1) is 11.2. The molecule has 2 aliphatic rings. The van der Waals surface area contributed by atoms with Crippen molar-refractivity contribution in [3.05, 3.63) is 59.9 Å². The van der Waals surface area contributed by atoms with Crippen LogP contribution in [0.25, 0.3) is 11.1 Å². The van der Waals surface area contributed by atoms with Gasteiger partial charge in [-0.1, -0.05) is 36.4 Å². The van der Waals surface area contributed by atoms with Crippen LogP contribution in [-0.2, 0) is 4.79 Å². The van der Waals surface area contributed by atoms with Crippen molar-refractivity contribution in [3.63, 3.8) is 0 Å². The summed E-state index contributed by atoms with van der Waals surface area (Å²) in [5, 5.41) is 6.44. The minimum atomic E-state index is -0.404. The molecule has 0 radical (unpaired) electrons. The van der Waals surface area contributed by atoms with E-state index in [-0.39, 0.29) is 17.8 Å². The van der Waals surface area contributed by atoms with Crippen molar-refractivity contribution < 1.29 is 9.18 Å². The average molecular weight is 310 g/mol. The zero-order chi connectivity index (χ0) is 15.9. The Morgan fingerprint density at radius 3 is 2.74 bits per heavy atom. The molecule has 1 amide bonds. The Morgan fingerprint density at radius 2 is 1.96 bits per heavy atom. The van der Waals surface area contributed by atoms with Crippen LogP contribution < -0.4 is 10.6 Å². The molecular formula is C19H19FN2O. The SMILES string of the molecule is O=C1NCC[C@]12CC[C@H](c1cccc(-c3ccccc3F)c1)N2. The molecule has 2 aliphatic heterocycles. The molecule has 2 saturated heterocycles. The van der Waals surface area contributed by atoms with Crippen LogP contribution in [0.4, 0.5) is 4.39 Å². The number of rotatable bonds is 2. The zero-order valence-electron chi connectivity index (χ0n) is 12.8. The molecule has 2 N–H and O–H groups in total. The molecule has 2 fully saturated rings. The van der Waals surface area contributed by atoms with Crippen molar-refractivity contribution >= 4 is 5.91 Å². The maximum absolute atomic E-state index is 14.0. The summed E-state index contributed by atoms with van der Waals surface area (Å²) in [6.45, 7) is 0.744. The van der Waals surface area contributed by atoms with E-state index >= 15 is 0 Å². The van der Waals surface area contributed by atoms with Crippen molar-refractivity contribution in [1.82, 2.24) is 10.6 Å². The Morgan fingerprint density at radius 1 is 1.09 bits per heavy atom. The Kier molecular flexibility index (Phi) is 3.42. The van der Waals surface area contributed by atoms with Gasteiger partial charge < -0.3 is 5.32 Å². The lowest BCUT2D eigenvalue weighted by Gasteiger charge is -2.22. The first kappa shape index (κ1) is 14.4. The van der Waals surface area contributed by atoms with E-state index in [1.54, 1.807) is 12.1 Å². The predicted molar refractivity (Wildman–Crippen MR) is 87.3 cm³/mol. The quantitative estimate of drug-likeness (QED) is 0.894. The summed E-state index contributed by atoms with van der Waals surface area (Å²) in [4.78, 5) is 12.1. The summed E-state index contributed by atoms with van der Waals surface area (Å²) in [6, 6.07) is 14.9. The highest BCUT2D eigenvalue weighted by molar-refractivity contribution is 5.88. The Hall–Kier alpha value is -2.20. The van der Waals surface area contributed by atoms with E-state index in [1.807, 2.05) is 30.3 Å². The van der Waals surface area contributed by atoms with Gasteiger partial charge in [0, 0.05) is 18.2 Å². The lowest BCUT2D eigenvalue weighted by atomic mass is 9.95. The lowest BCUT2D eigenvalue weighted by molar-refractivity contribution is -0.124. The molecule has 118 valence electrons. The lowest BCUT2D eigenvalue weighted by Crippen LogP contribution is -2.47. The summed E-state index contributed by atoms with van der Waals surface area (Å²) in [7, 11) is 0. The Balaban J connectivity index is 1.63. The number of amides is 1. The van der Waals surface area contributed by atoms with Crippen LogP contribution in [0.5, 0.6) is 0 Å². The van der Waals surface area contributed by atoms with Crippen molar-refractivity contribution in [2.24, 2.45) is 0 Å². The van der Waals surface area contributed by atoms with E-state index in [9.17, 15) is 9.18 Å². The highest BCUT2D eigenvalue weighted by Crippen LogP contribution is 2.38. The second kappa shape index (κ2) is 5.46. The topological polar surface area (TPSA) is 41.1 Å². The standard InChI is InChI=1S/C19H19FN2O/c20-16-7-2-1-6-15(16)13-4-3-5-14(12-13)17-8-9-19(22-17)10-11-21-18(19)23/h1-7,12,17,22H,8-11H2,(H,21,23)/t17-,19-/m1/s1. The molecule has 2 aromatic rings. The number of nitrogens with one attached hydrogen (secondary N) is 2. The molecule has 0 unspecified atom stereocenters. The summed E-state index contributed by atoms with van der Waals surface area (Å²) in [6.07, 6.45) is 2.62. The molecule has 0 aromatic heterocycles. The molecule has 1 spiro atoms.